The van der Waals surface area contributed by atoms with Crippen molar-refractivity contribution >= 4 is 34.5 Å². The molecule has 2 aliphatic rings. The normalized spacial score (nSPS) is 16.4. The van der Waals surface area contributed by atoms with Gasteiger partial charge in [-0.2, -0.15) is 0 Å². The Balaban J connectivity index is 1.16. The van der Waals surface area contributed by atoms with Crippen molar-refractivity contribution in [1.29, 1.82) is 0 Å². The predicted molar refractivity (Wildman–Crippen MR) is 199 cm³/mol. The highest BCUT2D eigenvalue weighted by Crippen LogP contribution is 2.40. The van der Waals surface area contributed by atoms with E-state index in [1.54, 1.807) is 29.7 Å². The molecule has 11 nitrogen and oxygen atoms in total. The number of Topliss-reactive ketones (excluding diaryl/α,β-unsaturated/α-hetero) is 1. The standard InChI is InChI=1S/C41H46N4O7/c1-4-41(51)33-21-35-39-28(23-45(35)40(50)31(33)13-16-37(41)48)20-32-30(17-19-43-25(2)3)36(15-14-34(32)44-39)52-38(49)6-5-18-42-22-27-9-7-26(8-10-27)11-12-29(47)24-46/h7-12,14-15,20-21,25,42-43,46,51H,4-6,13,16-19,22-24H2,1-3H3/b12-11+/t41-/m0/s1. The maximum Gasteiger partial charge on any atom is 0.311 e. The molecule has 1 atom stereocenters. The molecule has 272 valence electrons. The van der Waals surface area contributed by atoms with Crippen LogP contribution in [0.1, 0.15) is 79.8 Å². The molecule has 0 unspecified atom stereocenters. The van der Waals surface area contributed by atoms with Crippen molar-refractivity contribution < 1.29 is 29.3 Å². The van der Waals surface area contributed by atoms with E-state index in [0.717, 1.165) is 27.6 Å². The van der Waals surface area contributed by atoms with Gasteiger partial charge in [0, 0.05) is 53.1 Å². The van der Waals surface area contributed by atoms with E-state index in [2.05, 4.69) is 24.5 Å². The van der Waals surface area contributed by atoms with Crippen molar-refractivity contribution in [3.8, 4) is 17.1 Å². The van der Waals surface area contributed by atoms with E-state index in [-0.39, 0.29) is 48.4 Å². The average molecular weight is 707 g/mol. The van der Waals surface area contributed by atoms with Crippen LogP contribution in [-0.2, 0) is 45.9 Å². The number of fused-ring (bicyclic) bond motifs is 5. The van der Waals surface area contributed by atoms with Crippen molar-refractivity contribution in [3.63, 3.8) is 0 Å². The van der Waals surface area contributed by atoms with Crippen molar-refractivity contribution in [2.24, 2.45) is 0 Å². The van der Waals surface area contributed by atoms with Crippen molar-refractivity contribution in [1.82, 2.24) is 20.2 Å². The van der Waals surface area contributed by atoms with E-state index in [1.165, 1.54) is 6.08 Å². The van der Waals surface area contributed by atoms with Crippen molar-refractivity contribution in [2.75, 3.05) is 19.7 Å². The molecule has 1 aliphatic carbocycles. The fourth-order valence-corrected chi connectivity index (χ4v) is 7.07. The Labute approximate surface area is 302 Å². The lowest BCUT2D eigenvalue weighted by Crippen LogP contribution is -2.43. The van der Waals surface area contributed by atoms with E-state index in [4.69, 9.17) is 14.8 Å². The first-order chi connectivity index (χ1) is 25.0. The summed E-state index contributed by atoms with van der Waals surface area (Å²) in [6.07, 6.45) is 5.07. The smallest absolute Gasteiger partial charge is 0.311 e. The molecule has 3 heterocycles. The third-order valence-corrected chi connectivity index (χ3v) is 9.95. The number of pyridine rings is 2. The van der Waals surface area contributed by atoms with Gasteiger partial charge in [0.2, 0.25) is 0 Å². The number of carbonyl (C=O) groups excluding carboxylic acids is 3. The van der Waals surface area contributed by atoms with E-state index in [0.29, 0.717) is 79.2 Å². The number of nitrogens with zero attached hydrogens (tertiary/aromatic N) is 2. The molecular weight excluding hydrogens is 660 g/mol. The lowest BCUT2D eigenvalue weighted by molar-refractivity contribution is -0.140. The molecule has 4 aromatic rings. The molecule has 6 rings (SSSR count). The van der Waals surface area contributed by atoms with Crippen LogP contribution in [0.25, 0.3) is 28.4 Å². The Morgan fingerprint density at radius 2 is 1.87 bits per heavy atom. The molecule has 1 aliphatic heterocycles. The zero-order chi connectivity index (χ0) is 37.0. The number of hydrogen-bond donors (Lipinski definition) is 4. The third-order valence-electron chi connectivity index (χ3n) is 9.95. The maximum atomic E-state index is 13.7. The lowest BCUT2D eigenvalue weighted by atomic mass is 9.77. The minimum absolute atomic E-state index is 0.138. The number of aromatic nitrogens is 2. The molecule has 4 N–H and O–H groups in total. The van der Waals surface area contributed by atoms with Crippen LogP contribution in [0.15, 0.2) is 59.4 Å². The van der Waals surface area contributed by atoms with E-state index < -0.39 is 12.2 Å². The molecule has 2 aromatic carbocycles. The molecule has 0 saturated carbocycles. The first kappa shape index (κ1) is 37.0. The van der Waals surface area contributed by atoms with Crippen LogP contribution in [0.2, 0.25) is 0 Å². The number of hydrogen-bond acceptors (Lipinski definition) is 10. The number of ketones is 2. The molecule has 0 radical (unpaired) electrons. The monoisotopic (exact) mass is 706 g/mol. The van der Waals surface area contributed by atoms with Gasteiger partial charge in [-0.3, -0.25) is 19.2 Å². The number of ether oxygens (including phenoxy) is 1. The summed E-state index contributed by atoms with van der Waals surface area (Å²) < 4.78 is 7.65. The van der Waals surface area contributed by atoms with Gasteiger partial charge in [0.15, 0.2) is 11.6 Å². The van der Waals surface area contributed by atoms with Crippen LogP contribution >= 0.6 is 0 Å². The second-order valence-electron chi connectivity index (χ2n) is 13.9. The highest BCUT2D eigenvalue weighted by Gasteiger charge is 2.43. The van der Waals surface area contributed by atoms with E-state index in [1.807, 2.05) is 36.4 Å². The summed E-state index contributed by atoms with van der Waals surface area (Å²) in [6, 6.07) is 15.4. The van der Waals surface area contributed by atoms with Gasteiger partial charge in [0.1, 0.15) is 18.0 Å². The van der Waals surface area contributed by atoms with Crippen LogP contribution < -0.4 is 20.9 Å². The Hall–Kier alpha value is -4.81. The van der Waals surface area contributed by atoms with Crippen LogP contribution in [0.3, 0.4) is 0 Å². The van der Waals surface area contributed by atoms with Crippen LogP contribution in [-0.4, -0.2) is 63.0 Å². The predicted octanol–water partition coefficient (Wildman–Crippen LogP) is 4.13. The second kappa shape index (κ2) is 15.8. The van der Waals surface area contributed by atoms with Crippen LogP contribution in [0, 0.1) is 0 Å². The fraction of sp³-hybridized carbons (Fsp3) is 0.390. The third kappa shape index (κ3) is 7.68. The van der Waals surface area contributed by atoms with Gasteiger partial charge in [-0.25, -0.2) is 4.98 Å². The summed E-state index contributed by atoms with van der Waals surface area (Å²) in [6.45, 7) is 7.63. The summed E-state index contributed by atoms with van der Waals surface area (Å²) in [5.41, 5.74) is 4.60. The van der Waals surface area contributed by atoms with Crippen LogP contribution in [0.4, 0.5) is 0 Å². The zero-order valence-corrected chi connectivity index (χ0v) is 30.0. The molecule has 0 fully saturated rings. The van der Waals surface area contributed by atoms with Gasteiger partial charge in [-0.15, -0.1) is 0 Å². The van der Waals surface area contributed by atoms with E-state index in [9.17, 15) is 24.3 Å². The molecule has 0 bridgehead atoms. The summed E-state index contributed by atoms with van der Waals surface area (Å²) in [4.78, 5) is 55.8. The molecule has 0 spiro atoms. The Morgan fingerprint density at radius 3 is 2.60 bits per heavy atom. The topological polar surface area (TPSA) is 160 Å². The average Bonchev–Trinajstić information content (AvgIpc) is 3.50. The summed E-state index contributed by atoms with van der Waals surface area (Å²) in [5.74, 6) is -0.450. The Morgan fingerprint density at radius 1 is 1.08 bits per heavy atom. The molecule has 11 heteroatoms. The lowest BCUT2D eigenvalue weighted by Gasteiger charge is -2.32. The summed E-state index contributed by atoms with van der Waals surface area (Å²) in [5, 5.41) is 27.8. The fourth-order valence-electron chi connectivity index (χ4n) is 7.07. The molecule has 0 saturated heterocycles. The number of carbonyl (C=O) groups is 3. The first-order valence-electron chi connectivity index (χ1n) is 18.1. The molecule has 2 aromatic heterocycles. The number of rotatable bonds is 15. The minimum atomic E-state index is -1.68. The molecule has 0 amide bonds. The SMILES string of the molecule is CC[C@@]1(O)C(=O)CCc2c1cc1n(c2=O)Cc2cc3c(CCNC(C)C)c(OC(=O)CCCNCc4ccc(/C=C/C(=O)CO)cc4)ccc3nc2-1. The first-order valence-corrected chi connectivity index (χ1v) is 18.1. The number of nitrogens with one attached hydrogen (secondary N) is 2. The van der Waals surface area contributed by atoms with Gasteiger partial charge in [-0.05, 0) is 80.2 Å². The minimum Gasteiger partial charge on any atom is -0.426 e. The molecule has 52 heavy (non-hydrogen) atoms. The largest absolute Gasteiger partial charge is 0.426 e. The number of aliphatic hydroxyl groups excluding tert-OH is 1. The number of esters is 1. The quantitative estimate of drug-likeness (QED) is 0.0540. The summed E-state index contributed by atoms with van der Waals surface area (Å²) >= 11 is 0. The number of aliphatic hydroxyl groups is 2. The van der Waals surface area contributed by atoms with Gasteiger partial charge in [-0.1, -0.05) is 51.1 Å². The van der Waals surface area contributed by atoms with Gasteiger partial charge < -0.3 is 30.2 Å². The zero-order valence-electron chi connectivity index (χ0n) is 30.0. The highest BCUT2D eigenvalue weighted by atomic mass is 16.5. The Bertz CT molecular complexity index is 2100. The van der Waals surface area contributed by atoms with Gasteiger partial charge >= 0.3 is 5.97 Å². The van der Waals surface area contributed by atoms with Gasteiger partial charge in [0.05, 0.1) is 23.4 Å². The Kier molecular flexibility index (Phi) is 11.3. The second-order valence-corrected chi connectivity index (χ2v) is 13.9. The maximum absolute atomic E-state index is 13.7. The van der Waals surface area contributed by atoms with Crippen LogP contribution in [0.5, 0.6) is 5.75 Å². The van der Waals surface area contributed by atoms with Crippen molar-refractivity contribution in [2.45, 2.75) is 84.0 Å². The van der Waals surface area contributed by atoms with E-state index >= 15 is 0 Å². The molecular formula is C41H46N4O7. The highest BCUT2D eigenvalue weighted by molar-refractivity contribution is 5.94. The summed E-state index contributed by atoms with van der Waals surface area (Å²) in [7, 11) is 0. The number of benzene rings is 2. The van der Waals surface area contributed by atoms with Crippen molar-refractivity contribution in [3.05, 3.63) is 98.3 Å². The van der Waals surface area contributed by atoms with Gasteiger partial charge in [0.25, 0.3) is 5.56 Å².